The molecule has 0 aliphatic heterocycles. The van der Waals surface area contributed by atoms with Crippen molar-refractivity contribution < 1.29 is 9.59 Å². The first-order valence-electron chi connectivity index (χ1n) is 8.81. The fourth-order valence-corrected chi connectivity index (χ4v) is 3.41. The molecule has 2 aromatic rings. The van der Waals surface area contributed by atoms with Gasteiger partial charge < -0.3 is 5.32 Å². The molecule has 1 aromatic carbocycles. The largest absolute Gasteiger partial charge is 0.344 e. The lowest BCUT2D eigenvalue weighted by molar-refractivity contribution is -0.127. The molecule has 0 radical (unpaired) electrons. The van der Waals surface area contributed by atoms with Crippen molar-refractivity contribution in [2.45, 2.75) is 46.6 Å². The van der Waals surface area contributed by atoms with Gasteiger partial charge >= 0.3 is 0 Å². The van der Waals surface area contributed by atoms with E-state index in [1.54, 1.807) is 0 Å². The molecule has 1 unspecified atom stereocenters. The molecule has 1 aromatic heterocycles. The average molecular weight is 375 g/mol. The normalized spacial score (nSPS) is 12.2. The Kier molecular flexibility index (Phi) is 7.26. The maximum Gasteiger partial charge on any atom is 0.249 e. The Hall–Kier alpha value is -2.28. The van der Waals surface area contributed by atoms with E-state index in [9.17, 15) is 9.59 Å². The number of amides is 2. The monoisotopic (exact) mass is 374 g/mol. The molecule has 2 rings (SSSR count). The summed E-state index contributed by atoms with van der Waals surface area (Å²) in [7, 11) is 0. The van der Waals surface area contributed by atoms with E-state index in [4.69, 9.17) is 0 Å². The van der Waals surface area contributed by atoms with Gasteiger partial charge in [-0.3, -0.25) is 14.9 Å². The van der Waals surface area contributed by atoms with Crippen LogP contribution in [0.2, 0.25) is 0 Å². The molecule has 2 amide bonds. The highest BCUT2D eigenvalue weighted by atomic mass is 32.1. The fourth-order valence-electron chi connectivity index (χ4n) is 2.46. The predicted molar refractivity (Wildman–Crippen MR) is 104 cm³/mol. The van der Waals surface area contributed by atoms with Gasteiger partial charge in [0.05, 0.1) is 6.42 Å². The maximum atomic E-state index is 12.6. The smallest absolute Gasteiger partial charge is 0.249 e. The Morgan fingerprint density at radius 3 is 2.38 bits per heavy atom. The van der Waals surface area contributed by atoms with Crippen molar-refractivity contribution in [1.82, 2.24) is 15.5 Å². The Labute approximate surface area is 158 Å². The molecule has 6 nitrogen and oxygen atoms in total. The number of rotatable bonds is 8. The van der Waals surface area contributed by atoms with Crippen LogP contribution in [-0.2, 0) is 22.4 Å². The molecule has 0 fully saturated rings. The van der Waals surface area contributed by atoms with Crippen LogP contribution in [0.25, 0.3) is 0 Å². The molecule has 7 heteroatoms. The van der Waals surface area contributed by atoms with Gasteiger partial charge in [0.2, 0.25) is 16.9 Å². The van der Waals surface area contributed by atoms with Crippen molar-refractivity contribution >= 4 is 28.3 Å². The predicted octanol–water partition coefficient (Wildman–Crippen LogP) is 3.06. The molecule has 0 aliphatic carbocycles. The summed E-state index contributed by atoms with van der Waals surface area (Å²) >= 11 is 1.37. The summed E-state index contributed by atoms with van der Waals surface area (Å²) in [6, 6.07) is 8.84. The van der Waals surface area contributed by atoms with Crippen molar-refractivity contribution in [3.8, 4) is 0 Å². The molecule has 0 bridgehead atoms. The zero-order valence-corrected chi connectivity index (χ0v) is 16.5. The van der Waals surface area contributed by atoms with Crippen LogP contribution in [0.15, 0.2) is 30.3 Å². The van der Waals surface area contributed by atoms with Gasteiger partial charge in [0.25, 0.3) is 0 Å². The number of carbonyl (C=O) groups is 2. The van der Waals surface area contributed by atoms with E-state index >= 15 is 0 Å². The molecule has 0 aliphatic rings. The molecule has 1 atom stereocenters. The van der Waals surface area contributed by atoms with Crippen LogP contribution >= 0.6 is 11.3 Å². The van der Waals surface area contributed by atoms with Gasteiger partial charge in [0.1, 0.15) is 11.0 Å². The molecule has 1 heterocycles. The molecule has 0 saturated heterocycles. The lowest BCUT2D eigenvalue weighted by Gasteiger charge is -2.21. The highest BCUT2D eigenvalue weighted by Crippen LogP contribution is 2.19. The quantitative estimate of drug-likeness (QED) is 0.744. The molecule has 0 saturated carbocycles. The van der Waals surface area contributed by atoms with Crippen molar-refractivity contribution in [3.63, 3.8) is 0 Å². The second kappa shape index (κ2) is 9.43. The van der Waals surface area contributed by atoms with Gasteiger partial charge in [-0.05, 0) is 17.4 Å². The number of nitrogens with zero attached hydrogens (tertiary/aromatic N) is 2. The fraction of sp³-hybridized carbons (Fsp3) is 0.474. The summed E-state index contributed by atoms with van der Waals surface area (Å²) in [6.45, 7) is 8.02. The molecule has 2 N–H and O–H groups in total. The lowest BCUT2D eigenvalue weighted by Crippen LogP contribution is -2.47. The standard InChI is InChI=1S/C19H26N4O2S/c1-12(2)10-16-22-23-19(26-16)21-18(25)17(13(3)4)20-15(24)11-14-8-6-5-7-9-14/h5-9,12-13,17H,10-11H2,1-4H3,(H,20,24)(H,21,23,25). The first-order valence-corrected chi connectivity index (χ1v) is 9.63. The summed E-state index contributed by atoms with van der Waals surface area (Å²) < 4.78 is 0. The van der Waals surface area contributed by atoms with E-state index in [1.165, 1.54) is 11.3 Å². The van der Waals surface area contributed by atoms with Gasteiger partial charge in [0.15, 0.2) is 0 Å². The van der Waals surface area contributed by atoms with Gasteiger partial charge in [-0.25, -0.2) is 0 Å². The minimum absolute atomic E-state index is 0.0437. The number of benzene rings is 1. The topological polar surface area (TPSA) is 84.0 Å². The summed E-state index contributed by atoms with van der Waals surface area (Å²) in [5.41, 5.74) is 0.912. The lowest BCUT2D eigenvalue weighted by atomic mass is 10.0. The molecular formula is C19H26N4O2S. The minimum Gasteiger partial charge on any atom is -0.344 e. The van der Waals surface area contributed by atoms with E-state index in [0.717, 1.165) is 17.0 Å². The number of aromatic nitrogens is 2. The minimum atomic E-state index is -0.622. The van der Waals surface area contributed by atoms with Crippen LogP contribution in [0.3, 0.4) is 0 Å². The van der Waals surface area contributed by atoms with Gasteiger partial charge in [-0.2, -0.15) is 0 Å². The van der Waals surface area contributed by atoms with Gasteiger partial charge in [-0.15, -0.1) is 10.2 Å². The van der Waals surface area contributed by atoms with E-state index in [0.29, 0.717) is 11.0 Å². The van der Waals surface area contributed by atoms with Gasteiger partial charge in [0, 0.05) is 6.42 Å². The number of hydrogen-bond acceptors (Lipinski definition) is 5. The average Bonchev–Trinajstić information content (AvgIpc) is 2.99. The number of anilines is 1. The Morgan fingerprint density at radius 2 is 1.77 bits per heavy atom. The SMILES string of the molecule is CC(C)Cc1nnc(NC(=O)C(NC(=O)Cc2ccccc2)C(C)C)s1. The van der Waals surface area contributed by atoms with Crippen LogP contribution in [0.5, 0.6) is 0 Å². The van der Waals surface area contributed by atoms with E-state index in [-0.39, 0.29) is 24.2 Å². The summed E-state index contributed by atoms with van der Waals surface area (Å²) in [6.07, 6.45) is 1.07. The van der Waals surface area contributed by atoms with Crippen LogP contribution in [0.4, 0.5) is 5.13 Å². The molecular weight excluding hydrogens is 348 g/mol. The first kappa shape index (κ1) is 20.0. The van der Waals surface area contributed by atoms with Crippen LogP contribution in [0.1, 0.15) is 38.3 Å². The van der Waals surface area contributed by atoms with E-state index < -0.39 is 6.04 Å². The van der Waals surface area contributed by atoms with Crippen molar-refractivity contribution in [2.75, 3.05) is 5.32 Å². The van der Waals surface area contributed by atoms with Crippen molar-refractivity contribution in [1.29, 1.82) is 0 Å². The van der Waals surface area contributed by atoms with Gasteiger partial charge in [-0.1, -0.05) is 69.4 Å². The number of hydrogen-bond donors (Lipinski definition) is 2. The number of nitrogens with one attached hydrogen (secondary N) is 2. The van der Waals surface area contributed by atoms with Crippen molar-refractivity contribution in [2.24, 2.45) is 11.8 Å². The Bertz CT molecular complexity index is 728. The highest BCUT2D eigenvalue weighted by molar-refractivity contribution is 7.15. The zero-order chi connectivity index (χ0) is 19.1. The maximum absolute atomic E-state index is 12.6. The van der Waals surface area contributed by atoms with Crippen LogP contribution < -0.4 is 10.6 Å². The first-order chi connectivity index (χ1) is 12.3. The van der Waals surface area contributed by atoms with Crippen molar-refractivity contribution in [3.05, 3.63) is 40.9 Å². The molecule has 0 spiro atoms. The highest BCUT2D eigenvalue weighted by Gasteiger charge is 2.25. The molecule has 140 valence electrons. The summed E-state index contributed by atoms with van der Waals surface area (Å²) in [4.78, 5) is 24.9. The molecule has 26 heavy (non-hydrogen) atoms. The third kappa shape index (κ3) is 6.22. The Balaban J connectivity index is 1.96. The van der Waals surface area contributed by atoms with E-state index in [1.807, 2.05) is 44.2 Å². The van der Waals surface area contributed by atoms with Crippen LogP contribution in [0, 0.1) is 11.8 Å². The third-order valence-electron chi connectivity index (χ3n) is 3.75. The second-order valence-electron chi connectivity index (χ2n) is 7.04. The summed E-state index contributed by atoms with van der Waals surface area (Å²) in [5, 5.41) is 15.1. The summed E-state index contributed by atoms with van der Waals surface area (Å²) in [5.74, 6) is -0.0126. The van der Waals surface area contributed by atoms with Crippen LogP contribution in [-0.4, -0.2) is 28.1 Å². The zero-order valence-electron chi connectivity index (χ0n) is 15.7. The third-order valence-corrected chi connectivity index (χ3v) is 4.61. The second-order valence-corrected chi connectivity index (χ2v) is 8.10. The van der Waals surface area contributed by atoms with E-state index in [2.05, 4.69) is 34.7 Å². The number of carbonyl (C=O) groups excluding carboxylic acids is 2. The Morgan fingerprint density at radius 1 is 1.08 bits per heavy atom.